The van der Waals surface area contributed by atoms with Crippen molar-refractivity contribution in [3.8, 4) is 11.3 Å². The molecule has 1 heterocycles. The van der Waals surface area contributed by atoms with Gasteiger partial charge in [-0.05, 0) is 24.3 Å². The van der Waals surface area contributed by atoms with E-state index in [1.54, 1.807) is 30.3 Å². The molecule has 0 fully saturated rings. The first-order valence-electron chi connectivity index (χ1n) is 4.47. The van der Waals surface area contributed by atoms with Crippen LogP contribution in [0, 0.1) is 5.82 Å². The van der Waals surface area contributed by atoms with Crippen molar-refractivity contribution >= 4 is 6.29 Å². The smallest absolute Gasteiger partial charge is 0.151 e. The van der Waals surface area contributed by atoms with Gasteiger partial charge >= 0.3 is 0 Å². The highest BCUT2D eigenvalue weighted by molar-refractivity contribution is 5.75. The number of rotatable bonds is 2. The largest absolute Gasteiger partial charge is 0.298 e. The molecule has 0 bridgehead atoms. The fourth-order valence-corrected chi connectivity index (χ4v) is 1.30. The van der Waals surface area contributed by atoms with Crippen LogP contribution in [0.15, 0.2) is 42.6 Å². The van der Waals surface area contributed by atoms with E-state index in [1.165, 1.54) is 12.3 Å². The average Bonchev–Trinajstić information content (AvgIpc) is 2.30. The normalized spacial score (nSPS) is 9.93. The molecule has 0 amide bonds. The predicted molar refractivity (Wildman–Crippen MR) is 55.0 cm³/mol. The molecule has 2 nitrogen and oxygen atoms in total. The minimum Gasteiger partial charge on any atom is -0.298 e. The molecule has 2 aromatic rings. The van der Waals surface area contributed by atoms with Crippen LogP contribution in [0.25, 0.3) is 11.3 Å². The number of pyridine rings is 1. The van der Waals surface area contributed by atoms with Crippen molar-refractivity contribution in [1.29, 1.82) is 0 Å². The number of nitrogens with zero attached hydrogens (tertiary/aromatic N) is 1. The zero-order valence-corrected chi connectivity index (χ0v) is 7.85. The molecule has 0 N–H and O–H groups in total. The van der Waals surface area contributed by atoms with E-state index in [9.17, 15) is 9.18 Å². The summed E-state index contributed by atoms with van der Waals surface area (Å²) in [5, 5.41) is 0. The highest BCUT2D eigenvalue weighted by Gasteiger charge is 2.04. The van der Waals surface area contributed by atoms with Gasteiger partial charge in [-0.25, -0.2) is 4.39 Å². The van der Waals surface area contributed by atoms with Gasteiger partial charge in [0.1, 0.15) is 5.82 Å². The molecule has 0 spiro atoms. The topological polar surface area (TPSA) is 30.0 Å². The zero-order chi connectivity index (χ0) is 10.7. The minimum atomic E-state index is -0.316. The Labute approximate surface area is 86.4 Å². The van der Waals surface area contributed by atoms with Gasteiger partial charge in [0.05, 0.1) is 5.69 Å². The number of hydrogen-bond acceptors (Lipinski definition) is 2. The Morgan fingerprint density at radius 2 is 1.93 bits per heavy atom. The maximum absolute atomic E-state index is 13.3. The first-order chi connectivity index (χ1) is 7.31. The highest BCUT2D eigenvalue weighted by Crippen LogP contribution is 2.19. The first kappa shape index (κ1) is 9.52. The third-order valence-corrected chi connectivity index (χ3v) is 2.07. The van der Waals surface area contributed by atoms with Gasteiger partial charge < -0.3 is 0 Å². The van der Waals surface area contributed by atoms with Crippen LogP contribution < -0.4 is 0 Å². The number of benzene rings is 1. The number of hydrogen-bond donors (Lipinski definition) is 0. The molecule has 74 valence electrons. The van der Waals surface area contributed by atoms with Gasteiger partial charge in [0.25, 0.3) is 0 Å². The van der Waals surface area contributed by atoms with Crippen LogP contribution in [-0.4, -0.2) is 11.3 Å². The lowest BCUT2D eigenvalue weighted by Crippen LogP contribution is -1.89. The van der Waals surface area contributed by atoms with Gasteiger partial charge in [0.2, 0.25) is 0 Å². The first-order valence-corrected chi connectivity index (χ1v) is 4.47. The Kier molecular flexibility index (Phi) is 2.54. The van der Waals surface area contributed by atoms with Gasteiger partial charge in [-0.15, -0.1) is 0 Å². The maximum Gasteiger partial charge on any atom is 0.151 e. The Morgan fingerprint density at radius 1 is 1.13 bits per heavy atom. The highest BCUT2D eigenvalue weighted by atomic mass is 19.1. The fourth-order valence-electron chi connectivity index (χ4n) is 1.30. The van der Waals surface area contributed by atoms with Crippen molar-refractivity contribution in [3.05, 3.63) is 54.0 Å². The number of halogens is 1. The molecule has 1 aromatic carbocycles. The molecular weight excluding hydrogens is 193 g/mol. The standard InChI is InChI=1S/C12H8FNO/c13-11-4-2-1-3-10(11)12-6-5-9(8-15)7-14-12/h1-8H. The number of carbonyl (C=O) groups excluding carboxylic acids is 1. The number of aldehydes is 1. The van der Waals surface area contributed by atoms with Gasteiger partial charge in [-0.2, -0.15) is 0 Å². The molecule has 0 aliphatic carbocycles. The second kappa shape index (κ2) is 4.00. The van der Waals surface area contributed by atoms with E-state index in [4.69, 9.17) is 0 Å². The van der Waals surface area contributed by atoms with E-state index in [0.29, 0.717) is 23.1 Å². The molecule has 0 saturated carbocycles. The molecule has 0 aliphatic heterocycles. The molecule has 0 radical (unpaired) electrons. The summed E-state index contributed by atoms with van der Waals surface area (Å²) in [5.74, 6) is -0.316. The van der Waals surface area contributed by atoms with Crippen molar-refractivity contribution in [3.63, 3.8) is 0 Å². The van der Waals surface area contributed by atoms with Crippen LogP contribution in [-0.2, 0) is 0 Å². The lowest BCUT2D eigenvalue weighted by Gasteiger charge is -2.01. The second-order valence-electron chi connectivity index (χ2n) is 3.07. The molecule has 2 rings (SSSR count). The van der Waals surface area contributed by atoms with Gasteiger partial charge in [-0.3, -0.25) is 9.78 Å². The summed E-state index contributed by atoms with van der Waals surface area (Å²) in [6, 6.07) is 9.64. The molecule has 3 heteroatoms. The Hall–Kier alpha value is -2.03. The van der Waals surface area contributed by atoms with E-state index >= 15 is 0 Å². The average molecular weight is 201 g/mol. The van der Waals surface area contributed by atoms with Gasteiger partial charge in [0.15, 0.2) is 6.29 Å². The van der Waals surface area contributed by atoms with Gasteiger partial charge in [-0.1, -0.05) is 12.1 Å². The molecule has 0 atom stereocenters. The summed E-state index contributed by atoms with van der Waals surface area (Å²) in [5.41, 5.74) is 1.45. The second-order valence-corrected chi connectivity index (χ2v) is 3.07. The number of carbonyl (C=O) groups is 1. The summed E-state index contributed by atoms with van der Waals surface area (Å²) in [6.07, 6.45) is 2.13. The van der Waals surface area contributed by atoms with E-state index < -0.39 is 0 Å². The van der Waals surface area contributed by atoms with Crippen molar-refractivity contribution in [2.45, 2.75) is 0 Å². The summed E-state index contributed by atoms with van der Waals surface area (Å²) >= 11 is 0. The van der Waals surface area contributed by atoms with Crippen LogP contribution in [0.4, 0.5) is 4.39 Å². The lowest BCUT2D eigenvalue weighted by atomic mass is 10.1. The molecule has 15 heavy (non-hydrogen) atoms. The fraction of sp³-hybridized carbons (Fsp3) is 0. The van der Waals surface area contributed by atoms with Crippen LogP contribution in [0.1, 0.15) is 10.4 Å². The molecule has 0 unspecified atom stereocenters. The summed E-state index contributed by atoms with van der Waals surface area (Å²) in [7, 11) is 0. The minimum absolute atomic E-state index is 0.316. The summed E-state index contributed by atoms with van der Waals surface area (Å²) in [6.45, 7) is 0. The van der Waals surface area contributed by atoms with Crippen molar-refractivity contribution in [1.82, 2.24) is 4.98 Å². The molecule has 1 aromatic heterocycles. The predicted octanol–water partition coefficient (Wildman–Crippen LogP) is 2.70. The van der Waals surface area contributed by atoms with Crippen LogP contribution in [0.3, 0.4) is 0 Å². The van der Waals surface area contributed by atoms with E-state index in [1.807, 2.05) is 0 Å². The summed E-state index contributed by atoms with van der Waals surface area (Å²) < 4.78 is 13.3. The SMILES string of the molecule is O=Cc1ccc(-c2ccccc2F)nc1. The zero-order valence-electron chi connectivity index (χ0n) is 7.85. The third-order valence-electron chi connectivity index (χ3n) is 2.07. The Morgan fingerprint density at radius 3 is 2.53 bits per heavy atom. The van der Waals surface area contributed by atoms with Crippen molar-refractivity contribution in [2.75, 3.05) is 0 Å². The molecule has 0 saturated heterocycles. The monoisotopic (exact) mass is 201 g/mol. The van der Waals surface area contributed by atoms with Crippen molar-refractivity contribution < 1.29 is 9.18 Å². The van der Waals surface area contributed by atoms with E-state index in [0.717, 1.165) is 0 Å². The quantitative estimate of drug-likeness (QED) is 0.699. The van der Waals surface area contributed by atoms with E-state index in [2.05, 4.69) is 4.98 Å². The maximum atomic E-state index is 13.3. The Balaban J connectivity index is 2.46. The van der Waals surface area contributed by atoms with Crippen LogP contribution in [0.2, 0.25) is 0 Å². The van der Waals surface area contributed by atoms with Crippen LogP contribution in [0.5, 0.6) is 0 Å². The molecular formula is C12H8FNO. The summed E-state index contributed by atoms with van der Waals surface area (Å²) in [4.78, 5) is 14.4. The van der Waals surface area contributed by atoms with Crippen LogP contribution >= 0.6 is 0 Å². The molecule has 0 aliphatic rings. The van der Waals surface area contributed by atoms with Crippen molar-refractivity contribution in [2.24, 2.45) is 0 Å². The van der Waals surface area contributed by atoms with Gasteiger partial charge in [0, 0.05) is 17.3 Å². The Bertz CT molecular complexity index is 479. The number of aromatic nitrogens is 1. The van der Waals surface area contributed by atoms with E-state index in [-0.39, 0.29) is 5.82 Å². The third kappa shape index (κ3) is 1.91. The lowest BCUT2D eigenvalue weighted by molar-refractivity contribution is 0.112.